The zero-order valence-electron chi connectivity index (χ0n) is 17.4. The molecule has 0 amide bonds. The highest BCUT2D eigenvalue weighted by molar-refractivity contribution is 5.93. The molecule has 0 radical (unpaired) electrons. The van der Waals surface area contributed by atoms with Gasteiger partial charge in [-0.05, 0) is 24.5 Å². The van der Waals surface area contributed by atoms with E-state index in [-0.39, 0.29) is 49.3 Å². The summed E-state index contributed by atoms with van der Waals surface area (Å²) in [7, 11) is 0. The van der Waals surface area contributed by atoms with Gasteiger partial charge in [-0.25, -0.2) is 9.59 Å². The molecule has 9 heteroatoms. The van der Waals surface area contributed by atoms with E-state index < -0.39 is 41.1 Å². The van der Waals surface area contributed by atoms with E-state index in [0.29, 0.717) is 0 Å². The number of ketones is 1. The van der Waals surface area contributed by atoms with Crippen LogP contribution in [0, 0.1) is 11.8 Å². The molecule has 1 aromatic carbocycles. The van der Waals surface area contributed by atoms with Crippen molar-refractivity contribution >= 4 is 17.7 Å². The molecule has 0 spiro atoms. The first-order chi connectivity index (χ1) is 15.0. The Kier molecular flexibility index (Phi) is 6.59. The number of benzene rings is 1. The molecule has 172 valence electrons. The number of aliphatic carboxylic acids is 2. The molecule has 2 N–H and O–H groups in total. The molecule has 1 aliphatic carbocycles. The topological polar surface area (TPSA) is 94.9 Å². The molecule has 2 aliphatic rings. The predicted molar refractivity (Wildman–Crippen MR) is 109 cm³/mol. The SMILES string of the molecule is CC1C(C(=O)O)=CC=CC1(C(=O)O)N1CCC(C(=O)Cc2ccccc2C(F)(F)F)CC1. The highest BCUT2D eigenvalue weighted by Crippen LogP contribution is 2.39. The summed E-state index contributed by atoms with van der Waals surface area (Å²) in [6, 6.07) is 4.98. The van der Waals surface area contributed by atoms with Crippen molar-refractivity contribution in [3.05, 3.63) is 59.2 Å². The molecule has 1 saturated heterocycles. The second kappa shape index (κ2) is 8.90. The number of carbonyl (C=O) groups is 3. The number of piperidine rings is 1. The Labute approximate surface area is 183 Å². The molecule has 2 atom stereocenters. The van der Waals surface area contributed by atoms with Crippen molar-refractivity contribution in [2.75, 3.05) is 13.1 Å². The van der Waals surface area contributed by atoms with Crippen molar-refractivity contribution < 1.29 is 37.8 Å². The van der Waals surface area contributed by atoms with Crippen LogP contribution in [0.5, 0.6) is 0 Å². The summed E-state index contributed by atoms with van der Waals surface area (Å²) in [6.45, 7) is 1.97. The van der Waals surface area contributed by atoms with Crippen molar-refractivity contribution in [2.45, 2.75) is 37.9 Å². The van der Waals surface area contributed by atoms with Gasteiger partial charge in [0, 0.05) is 36.9 Å². The van der Waals surface area contributed by atoms with Gasteiger partial charge < -0.3 is 10.2 Å². The zero-order chi connectivity index (χ0) is 23.7. The van der Waals surface area contributed by atoms with Gasteiger partial charge in [-0.3, -0.25) is 9.69 Å². The summed E-state index contributed by atoms with van der Waals surface area (Å²) in [5.74, 6) is -4.01. The highest BCUT2D eigenvalue weighted by Gasteiger charge is 2.51. The number of hydrogen-bond acceptors (Lipinski definition) is 4. The van der Waals surface area contributed by atoms with Crippen LogP contribution in [0.25, 0.3) is 0 Å². The molecule has 1 aromatic rings. The van der Waals surface area contributed by atoms with Crippen LogP contribution in [0.2, 0.25) is 0 Å². The number of likely N-dealkylation sites (tertiary alicyclic amines) is 1. The molecular weight excluding hydrogens is 427 g/mol. The number of halogens is 3. The first-order valence-electron chi connectivity index (χ1n) is 10.3. The molecule has 0 saturated carbocycles. The Morgan fingerprint density at radius 1 is 1.12 bits per heavy atom. The average Bonchev–Trinajstić information content (AvgIpc) is 2.73. The van der Waals surface area contributed by atoms with E-state index in [9.17, 15) is 37.8 Å². The fraction of sp³-hybridized carbons (Fsp3) is 0.435. The van der Waals surface area contributed by atoms with Crippen molar-refractivity contribution in [1.82, 2.24) is 4.90 Å². The predicted octanol–water partition coefficient (Wildman–Crippen LogP) is 3.57. The fourth-order valence-corrected chi connectivity index (χ4v) is 4.71. The van der Waals surface area contributed by atoms with Crippen LogP contribution in [0.4, 0.5) is 13.2 Å². The number of Topliss-reactive ketones (excluding diaryl/α,β-unsaturated/α-hetero) is 1. The molecule has 1 heterocycles. The van der Waals surface area contributed by atoms with Crippen LogP contribution < -0.4 is 0 Å². The average molecular weight is 451 g/mol. The lowest BCUT2D eigenvalue weighted by Gasteiger charge is -2.46. The largest absolute Gasteiger partial charge is 0.480 e. The van der Waals surface area contributed by atoms with E-state index in [0.717, 1.165) is 6.07 Å². The van der Waals surface area contributed by atoms with Gasteiger partial charge in [-0.15, -0.1) is 0 Å². The van der Waals surface area contributed by atoms with Gasteiger partial charge in [0.2, 0.25) is 0 Å². The Morgan fingerprint density at radius 3 is 2.31 bits per heavy atom. The third-order valence-electron chi connectivity index (χ3n) is 6.50. The number of nitrogens with zero attached hydrogens (tertiary/aromatic N) is 1. The first-order valence-corrected chi connectivity index (χ1v) is 10.3. The van der Waals surface area contributed by atoms with E-state index in [2.05, 4.69) is 0 Å². The van der Waals surface area contributed by atoms with Crippen molar-refractivity contribution in [3.8, 4) is 0 Å². The number of allylic oxidation sites excluding steroid dienone is 2. The Morgan fingerprint density at radius 2 is 1.75 bits per heavy atom. The minimum Gasteiger partial charge on any atom is -0.480 e. The van der Waals surface area contributed by atoms with Gasteiger partial charge in [0.05, 0.1) is 5.56 Å². The summed E-state index contributed by atoms with van der Waals surface area (Å²) in [5, 5.41) is 19.4. The minimum absolute atomic E-state index is 0.0168. The monoisotopic (exact) mass is 451 g/mol. The van der Waals surface area contributed by atoms with Crippen molar-refractivity contribution in [1.29, 1.82) is 0 Å². The van der Waals surface area contributed by atoms with Gasteiger partial charge in [-0.1, -0.05) is 43.4 Å². The Balaban J connectivity index is 1.73. The van der Waals surface area contributed by atoms with Gasteiger partial charge >= 0.3 is 18.1 Å². The molecule has 2 unspecified atom stereocenters. The Bertz CT molecular complexity index is 976. The standard InChI is InChI=1S/C23H24F3NO5/c1-14-17(20(29)30)6-4-10-22(14,21(31)32)27-11-8-15(9-12-27)19(28)13-16-5-2-3-7-18(16)23(24,25)26/h2-7,10,14-15H,8-9,11-13H2,1H3,(H,29,30)(H,31,32). The van der Waals surface area contributed by atoms with Crippen LogP contribution >= 0.6 is 0 Å². The lowest BCUT2D eigenvalue weighted by molar-refractivity contribution is -0.152. The summed E-state index contributed by atoms with van der Waals surface area (Å²) in [6.07, 6.45) is -0.0530. The van der Waals surface area contributed by atoms with Crippen LogP contribution in [0.15, 0.2) is 48.1 Å². The number of carbonyl (C=O) groups excluding carboxylic acids is 1. The van der Waals surface area contributed by atoms with Gasteiger partial charge in [0.25, 0.3) is 0 Å². The van der Waals surface area contributed by atoms with Gasteiger partial charge in [0.1, 0.15) is 11.3 Å². The normalized spacial score (nSPS) is 24.8. The lowest BCUT2D eigenvalue weighted by Crippen LogP contribution is -2.61. The lowest BCUT2D eigenvalue weighted by atomic mass is 9.74. The second-order valence-electron chi connectivity index (χ2n) is 8.20. The quantitative estimate of drug-likeness (QED) is 0.687. The first kappa shape index (κ1) is 23.7. The van der Waals surface area contributed by atoms with Crippen LogP contribution in [-0.2, 0) is 27.0 Å². The zero-order valence-corrected chi connectivity index (χ0v) is 17.4. The third-order valence-corrected chi connectivity index (χ3v) is 6.50. The van der Waals surface area contributed by atoms with E-state index in [4.69, 9.17) is 0 Å². The summed E-state index contributed by atoms with van der Waals surface area (Å²) in [4.78, 5) is 38.2. The van der Waals surface area contributed by atoms with Crippen LogP contribution in [0.1, 0.15) is 30.9 Å². The van der Waals surface area contributed by atoms with Crippen molar-refractivity contribution in [2.24, 2.45) is 11.8 Å². The van der Waals surface area contributed by atoms with Gasteiger partial charge in [-0.2, -0.15) is 13.2 Å². The fourth-order valence-electron chi connectivity index (χ4n) is 4.71. The second-order valence-corrected chi connectivity index (χ2v) is 8.20. The molecule has 0 bridgehead atoms. The Hall–Kier alpha value is -2.94. The van der Waals surface area contributed by atoms with Gasteiger partial charge in [0.15, 0.2) is 0 Å². The minimum atomic E-state index is -4.55. The van der Waals surface area contributed by atoms with E-state index >= 15 is 0 Å². The van der Waals surface area contributed by atoms with Crippen LogP contribution in [0.3, 0.4) is 0 Å². The number of carboxylic acid groups (broad SMARTS) is 2. The molecular formula is C23H24F3NO5. The maximum atomic E-state index is 13.2. The smallest absolute Gasteiger partial charge is 0.416 e. The number of rotatable bonds is 6. The van der Waals surface area contributed by atoms with E-state index in [1.807, 2.05) is 0 Å². The molecule has 3 rings (SSSR count). The highest BCUT2D eigenvalue weighted by atomic mass is 19.4. The number of carboxylic acids is 2. The van der Waals surface area contributed by atoms with Crippen molar-refractivity contribution in [3.63, 3.8) is 0 Å². The number of hydrogen-bond donors (Lipinski definition) is 2. The summed E-state index contributed by atoms with van der Waals surface area (Å²) in [5.41, 5.74) is -2.48. The van der Waals surface area contributed by atoms with Crippen LogP contribution in [-0.4, -0.2) is 51.5 Å². The van der Waals surface area contributed by atoms with E-state index in [1.165, 1.54) is 36.4 Å². The maximum absolute atomic E-state index is 13.2. The molecule has 1 fully saturated rings. The summed E-state index contributed by atoms with van der Waals surface area (Å²) >= 11 is 0. The molecule has 32 heavy (non-hydrogen) atoms. The molecule has 1 aliphatic heterocycles. The maximum Gasteiger partial charge on any atom is 0.416 e. The molecule has 6 nitrogen and oxygen atoms in total. The summed E-state index contributed by atoms with van der Waals surface area (Å²) < 4.78 is 39.6. The third kappa shape index (κ3) is 4.34. The van der Waals surface area contributed by atoms with E-state index in [1.54, 1.807) is 11.8 Å². The molecule has 0 aromatic heterocycles. The number of alkyl halides is 3.